The summed E-state index contributed by atoms with van der Waals surface area (Å²) < 4.78 is 4.68. The molecule has 0 aliphatic heterocycles. The van der Waals surface area contributed by atoms with E-state index in [1.165, 1.54) is 18.4 Å². The molecule has 3 nitrogen and oxygen atoms in total. The number of hydrogen-bond acceptors (Lipinski definition) is 4. The molecule has 5 heteroatoms. The SMILES string of the molecule is COC(=O)c1nc(Cc2ccccc2Cl)sc1C. The van der Waals surface area contributed by atoms with Gasteiger partial charge in [0.05, 0.1) is 12.1 Å². The van der Waals surface area contributed by atoms with Gasteiger partial charge in [-0.1, -0.05) is 29.8 Å². The summed E-state index contributed by atoms with van der Waals surface area (Å²) in [5.41, 5.74) is 1.40. The van der Waals surface area contributed by atoms with E-state index in [2.05, 4.69) is 9.72 Å². The molecule has 2 rings (SSSR count). The summed E-state index contributed by atoms with van der Waals surface area (Å²) in [7, 11) is 1.36. The molecule has 2 aromatic rings. The number of nitrogens with zero attached hydrogens (tertiary/aromatic N) is 1. The first-order valence-corrected chi connectivity index (χ1v) is 6.59. The van der Waals surface area contributed by atoms with Crippen molar-refractivity contribution in [3.63, 3.8) is 0 Å². The number of aryl methyl sites for hydroxylation is 1. The van der Waals surface area contributed by atoms with Gasteiger partial charge in [-0.15, -0.1) is 11.3 Å². The van der Waals surface area contributed by atoms with Crippen LogP contribution in [0.15, 0.2) is 24.3 Å². The first kappa shape index (κ1) is 13.1. The van der Waals surface area contributed by atoms with E-state index < -0.39 is 5.97 Å². The summed E-state index contributed by atoms with van der Waals surface area (Å²) in [6.07, 6.45) is 0.627. The predicted molar refractivity (Wildman–Crippen MR) is 72.4 cm³/mol. The highest BCUT2D eigenvalue weighted by molar-refractivity contribution is 7.11. The maximum atomic E-state index is 11.5. The molecule has 0 unspecified atom stereocenters. The molecule has 0 N–H and O–H groups in total. The number of aromatic nitrogens is 1. The quantitative estimate of drug-likeness (QED) is 0.809. The van der Waals surface area contributed by atoms with Crippen LogP contribution in [0.1, 0.15) is 25.9 Å². The van der Waals surface area contributed by atoms with Crippen molar-refractivity contribution < 1.29 is 9.53 Å². The maximum Gasteiger partial charge on any atom is 0.357 e. The van der Waals surface area contributed by atoms with Crippen LogP contribution in [0.3, 0.4) is 0 Å². The van der Waals surface area contributed by atoms with Gasteiger partial charge in [-0.2, -0.15) is 0 Å². The van der Waals surface area contributed by atoms with Crippen LogP contribution in [0.25, 0.3) is 0 Å². The average Bonchev–Trinajstić information content (AvgIpc) is 2.72. The first-order chi connectivity index (χ1) is 8.61. The molecule has 0 spiro atoms. The number of rotatable bonds is 3. The molecule has 1 heterocycles. The number of thiazole rings is 1. The molecule has 1 aromatic carbocycles. The summed E-state index contributed by atoms with van der Waals surface area (Å²) in [5, 5.41) is 1.57. The fourth-order valence-electron chi connectivity index (χ4n) is 1.62. The Morgan fingerprint density at radius 2 is 2.17 bits per heavy atom. The molecule has 1 aromatic heterocycles. The third-order valence-corrected chi connectivity index (χ3v) is 3.86. The summed E-state index contributed by atoms with van der Waals surface area (Å²) >= 11 is 7.59. The van der Waals surface area contributed by atoms with Crippen LogP contribution in [0.4, 0.5) is 0 Å². The fourth-order valence-corrected chi connectivity index (χ4v) is 2.76. The molecule has 0 fully saturated rings. The van der Waals surface area contributed by atoms with Gasteiger partial charge in [-0.3, -0.25) is 0 Å². The van der Waals surface area contributed by atoms with E-state index in [0.29, 0.717) is 17.1 Å². The molecule has 0 radical (unpaired) electrons. The zero-order valence-corrected chi connectivity index (χ0v) is 11.6. The second-order valence-corrected chi connectivity index (χ2v) is 5.47. The lowest BCUT2D eigenvalue weighted by Crippen LogP contribution is -2.03. The third-order valence-electron chi connectivity index (χ3n) is 2.52. The molecule has 0 aliphatic rings. The van der Waals surface area contributed by atoms with Gasteiger partial charge >= 0.3 is 5.97 Å². The maximum absolute atomic E-state index is 11.5. The number of hydrogen-bond donors (Lipinski definition) is 0. The molecular weight excluding hydrogens is 270 g/mol. The van der Waals surface area contributed by atoms with E-state index in [4.69, 9.17) is 11.6 Å². The Balaban J connectivity index is 2.26. The minimum Gasteiger partial charge on any atom is -0.464 e. The minimum absolute atomic E-state index is 0.393. The van der Waals surface area contributed by atoms with Crippen LogP contribution in [0.5, 0.6) is 0 Å². The Morgan fingerprint density at radius 3 is 2.83 bits per heavy atom. The lowest BCUT2D eigenvalue weighted by Gasteiger charge is -2.00. The van der Waals surface area contributed by atoms with Gasteiger partial charge in [0.25, 0.3) is 0 Å². The number of ether oxygens (including phenoxy) is 1. The molecule has 18 heavy (non-hydrogen) atoms. The molecule has 94 valence electrons. The van der Waals surface area contributed by atoms with Gasteiger partial charge < -0.3 is 4.74 Å². The van der Waals surface area contributed by atoms with Crippen LogP contribution in [-0.2, 0) is 11.2 Å². The molecule has 0 aliphatic carbocycles. The van der Waals surface area contributed by atoms with Gasteiger partial charge in [0.1, 0.15) is 0 Å². The van der Waals surface area contributed by atoms with E-state index in [0.717, 1.165) is 15.4 Å². The number of carbonyl (C=O) groups is 1. The predicted octanol–water partition coefficient (Wildman–Crippen LogP) is 3.48. The van der Waals surface area contributed by atoms with Crippen molar-refractivity contribution in [2.24, 2.45) is 0 Å². The molecule has 0 atom stereocenters. The summed E-state index contributed by atoms with van der Waals surface area (Å²) in [6, 6.07) is 7.62. The van der Waals surface area contributed by atoms with Crippen LogP contribution >= 0.6 is 22.9 Å². The summed E-state index contributed by atoms with van der Waals surface area (Å²) in [6.45, 7) is 1.86. The summed E-state index contributed by atoms with van der Waals surface area (Å²) in [5.74, 6) is -0.394. The normalized spacial score (nSPS) is 10.4. The smallest absolute Gasteiger partial charge is 0.357 e. The van der Waals surface area contributed by atoms with Crippen LogP contribution in [0.2, 0.25) is 5.02 Å². The second kappa shape index (κ2) is 5.50. The standard InChI is InChI=1S/C13H12ClNO2S/c1-8-12(13(16)17-2)15-11(18-8)7-9-5-3-4-6-10(9)14/h3-6H,7H2,1-2H3. The highest BCUT2D eigenvalue weighted by Gasteiger charge is 2.16. The molecule has 0 bridgehead atoms. The highest BCUT2D eigenvalue weighted by atomic mass is 35.5. The molecule has 0 amide bonds. The van der Waals surface area contributed by atoms with Crippen molar-refractivity contribution >= 4 is 28.9 Å². The van der Waals surface area contributed by atoms with Crippen molar-refractivity contribution in [1.82, 2.24) is 4.98 Å². The van der Waals surface area contributed by atoms with Gasteiger partial charge in [-0.05, 0) is 18.6 Å². The fraction of sp³-hybridized carbons (Fsp3) is 0.231. The van der Waals surface area contributed by atoms with Crippen molar-refractivity contribution in [3.8, 4) is 0 Å². The zero-order chi connectivity index (χ0) is 13.1. The number of halogens is 1. The topological polar surface area (TPSA) is 39.2 Å². The van der Waals surface area contributed by atoms with Gasteiger partial charge in [-0.25, -0.2) is 9.78 Å². The largest absolute Gasteiger partial charge is 0.464 e. The number of esters is 1. The molecular formula is C13H12ClNO2S. The highest BCUT2D eigenvalue weighted by Crippen LogP contribution is 2.24. The Hall–Kier alpha value is -1.39. The minimum atomic E-state index is -0.394. The average molecular weight is 282 g/mol. The van der Waals surface area contributed by atoms with Crippen molar-refractivity contribution in [3.05, 3.63) is 50.4 Å². The molecule has 0 saturated heterocycles. The molecule has 0 saturated carbocycles. The van der Waals surface area contributed by atoms with Crippen molar-refractivity contribution in [2.75, 3.05) is 7.11 Å². The van der Waals surface area contributed by atoms with E-state index >= 15 is 0 Å². The summed E-state index contributed by atoms with van der Waals surface area (Å²) in [4.78, 5) is 16.6. The number of methoxy groups -OCH3 is 1. The van der Waals surface area contributed by atoms with E-state index in [1.807, 2.05) is 31.2 Å². The van der Waals surface area contributed by atoms with Crippen LogP contribution < -0.4 is 0 Å². The van der Waals surface area contributed by atoms with E-state index in [-0.39, 0.29) is 0 Å². The Bertz CT molecular complexity index is 580. The van der Waals surface area contributed by atoms with Crippen LogP contribution in [0, 0.1) is 6.92 Å². The Kier molecular flexibility index (Phi) is 3.99. The first-order valence-electron chi connectivity index (χ1n) is 5.40. The lowest BCUT2D eigenvalue weighted by molar-refractivity contribution is 0.0594. The van der Waals surface area contributed by atoms with E-state index in [9.17, 15) is 4.79 Å². The number of carbonyl (C=O) groups excluding carboxylic acids is 1. The monoisotopic (exact) mass is 281 g/mol. The Labute approximate surface area is 114 Å². The van der Waals surface area contributed by atoms with Gasteiger partial charge in [0.15, 0.2) is 5.69 Å². The Morgan fingerprint density at radius 1 is 1.44 bits per heavy atom. The number of benzene rings is 1. The second-order valence-electron chi connectivity index (χ2n) is 3.77. The lowest BCUT2D eigenvalue weighted by atomic mass is 10.1. The van der Waals surface area contributed by atoms with Crippen molar-refractivity contribution in [2.45, 2.75) is 13.3 Å². The van der Waals surface area contributed by atoms with Gasteiger partial charge in [0.2, 0.25) is 0 Å². The van der Waals surface area contributed by atoms with Crippen molar-refractivity contribution in [1.29, 1.82) is 0 Å². The van der Waals surface area contributed by atoms with E-state index in [1.54, 1.807) is 0 Å². The third kappa shape index (κ3) is 2.71. The van der Waals surface area contributed by atoms with Gasteiger partial charge in [0, 0.05) is 16.3 Å². The zero-order valence-electron chi connectivity index (χ0n) is 10.1. The van der Waals surface area contributed by atoms with Crippen LogP contribution in [-0.4, -0.2) is 18.1 Å².